The van der Waals surface area contributed by atoms with Crippen molar-refractivity contribution < 1.29 is 4.74 Å². The van der Waals surface area contributed by atoms with E-state index in [0.717, 1.165) is 20.6 Å². The lowest BCUT2D eigenvalue weighted by Gasteiger charge is -2.08. The number of hydrogen-bond acceptors (Lipinski definition) is 4. The number of thioether (sulfide) groups is 1. The van der Waals surface area contributed by atoms with E-state index in [9.17, 15) is 0 Å². The summed E-state index contributed by atoms with van der Waals surface area (Å²) < 4.78 is 5.99. The van der Waals surface area contributed by atoms with Crippen LogP contribution in [0.4, 0.5) is 0 Å². The molecule has 0 atom stereocenters. The number of benzene rings is 1. The fraction of sp³-hybridized carbons (Fsp3) is 0.286. The van der Waals surface area contributed by atoms with E-state index in [1.54, 1.807) is 7.11 Å². The Bertz CT molecular complexity index is 592. The van der Waals surface area contributed by atoms with Gasteiger partial charge in [0.05, 0.1) is 15.9 Å². The van der Waals surface area contributed by atoms with E-state index < -0.39 is 0 Å². The van der Waals surface area contributed by atoms with Gasteiger partial charge in [0.15, 0.2) is 5.82 Å². The maximum absolute atomic E-state index is 6.17. The van der Waals surface area contributed by atoms with Crippen LogP contribution in [-0.2, 0) is 11.3 Å². The van der Waals surface area contributed by atoms with E-state index >= 15 is 0 Å². The van der Waals surface area contributed by atoms with Gasteiger partial charge in [-0.05, 0) is 40.5 Å². The minimum atomic E-state index is 0.428. The molecule has 1 heterocycles. The van der Waals surface area contributed by atoms with Gasteiger partial charge < -0.3 is 4.74 Å². The Hall–Kier alpha value is -0.370. The number of aromatic nitrogens is 2. The van der Waals surface area contributed by atoms with E-state index in [0.29, 0.717) is 17.6 Å². The number of methoxy groups -OCH3 is 1. The number of rotatable bonds is 5. The van der Waals surface area contributed by atoms with Gasteiger partial charge in [0.25, 0.3) is 0 Å². The van der Waals surface area contributed by atoms with Crippen molar-refractivity contribution in [2.75, 3.05) is 12.9 Å². The number of nitrogens with zero attached hydrogens (tertiary/aromatic N) is 2. The molecular formula is C14H14ClIN2OS. The maximum atomic E-state index is 6.17. The first kappa shape index (κ1) is 16.0. The molecule has 6 heteroatoms. The second-order valence-corrected chi connectivity index (χ2v) is 6.76. The number of hydrogen-bond donors (Lipinski definition) is 0. The van der Waals surface area contributed by atoms with Crippen LogP contribution in [0, 0.1) is 3.57 Å². The molecule has 0 fully saturated rings. The zero-order chi connectivity index (χ0) is 14.5. The molecule has 2 aromatic rings. The predicted molar refractivity (Wildman–Crippen MR) is 92.3 cm³/mol. The molecule has 0 aliphatic carbocycles. The van der Waals surface area contributed by atoms with Crippen molar-refractivity contribution in [3.05, 3.63) is 38.7 Å². The average Bonchev–Trinajstić information content (AvgIpc) is 2.45. The highest BCUT2D eigenvalue weighted by Gasteiger charge is 2.12. The highest BCUT2D eigenvalue weighted by atomic mass is 127. The summed E-state index contributed by atoms with van der Waals surface area (Å²) >= 11 is 10.1. The summed E-state index contributed by atoms with van der Waals surface area (Å²) in [6.45, 7) is 2.56. The van der Waals surface area contributed by atoms with Gasteiger partial charge >= 0.3 is 0 Å². The van der Waals surface area contributed by atoms with Crippen molar-refractivity contribution >= 4 is 46.0 Å². The summed E-state index contributed by atoms with van der Waals surface area (Å²) in [5.74, 6) is 1.69. The van der Waals surface area contributed by atoms with Gasteiger partial charge in [-0.1, -0.05) is 30.7 Å². The SMILES string of the molecule is CCSc1ccc(-c2nc(Cl)c(I)c(COC)n2)cc1. The molecule has 0 bridgehead atoms. The molecule has 0 aliphatic heterocycles. The first-order chi connectivity index (χ1) is 9.65. The van der Waals surface area contributed by atoms with Crippen LogP contribution in [0.5, 0.6) is 0 Å². The zero-order valence-corrected chi connectivity index (χ0v) is 14.9. The maximum Gasteiger partial charge on any atom is 0.161 e. The van der Waals surface area contributed by atoms with Crippen molar-refractivity contribution in [1.82, 2.24) is 9.97 Å². The quantitative estimate of drug-likeness (QED) is 0.400. The lowest BCUT2D eigenvalue weighted by molar-refractivity contribution is 0.181. The molecule has 2 rings (SSSR count). The third kappa shape index (κ3) is 3.84. The van der Waals surface area contributed by atoms with Crippen LogP contribution < -0.4 is 0 Å². The average molecular weight is 421 g/mol. The first-order valence-corrected chi connectivity index (χ1v) is 8.54. The van der Waals surface area contributed by atoms with Crippen LogP contribution in [0.2, 0.25) is 5.15 Å². The standard InChI is InChI=1S/C14H14ClIN2OS/c1-3-20-10-6-4-9(5-7-10)14-17-11(8-19-2)12(16)13(15)18-14/h4-7H,3,8H2,1-2H3. The van der Waals surface area contributed by atoms with E-state index in [4.69, 9.17) is 16.3 Å². The van der Waals surface area contributed by atoms with E-state index in [1.807, 2.05) is 23.9 Å². The number of halogens is 2. The van der Waals surface area contributed by atoms with Crippen LogP contribution in [0.3, 0.4) is 0 Å². The molecule has 20 heavy (non-hydrogen) atoms. The van der Waals surface area contributed by atoms with Gasteiger partial charge in [-0.15, -0.1) is 11.8 Å². The zero-order valence-electron chi connectivity index (χ0n) is 11.2. The highest BCUT2D eigenvalue weighted by Crippen LogP contribution is 2.26. The topological polar surface area (TPSA) is 35.0 Å². The van der Waals surface area contributed by atoms with Gasteiger partial charge in [-0.3, -0.25) is 0 Å². The Kier molecular flexibility index (Phi) is 6.07. The lowest BCUT2D eigenvalue weighted by atomic mass is 10.2. The van der Waals surface area contributed by atoms with Gasteiger partial charge in [-0.2, -0.15) is 0 Å². The molecule has 3 nitrogen and oxygen atoms in total. The smallest absolute Gasteiger partial charge is 0.161 e. The summed E-state index contributed by atoms with van der Waals surface area (Å²) in [6.07, 6.45) is 0. The summed E-state index contributed by atoms with van der Waals surface area (Å²) in [7, 11) is 1.64. The van der Waals surface area contributed by atoms with Crippen LogP contribution in [0.25, 0.3) is 11.4 Å². The molecule has 0 saturated heterocycles. The summed E-state index contributed by atoms with van der Waals surface area (Å²) in [5.41, 5.74) is 1.77. The molecule has 0 amide bonds. The molecule has 0 spiro atoms. The van der Waals surface area contributed by atoms with Gasteiger partial charge in [-0.25, -0.2) is 9.97 Å². The van der Waals surface area contributed by atoms with E-state index in [-0.39, 0.29) is 0 Å². The molecule has 0 aliphatic rings. The summed E-state index contributed by atoms with van der Waals surface area (Å²) in [5, 5.41) is 0.467. The van der Waals surface area contributed by atoms with Gasteiger partial charge in [0.2, 0.25) is 0 Å². The normalized spacial score (nSPS) is 10.8. The Balaban J connectivity index is 2.36. The fourth-order valence-corrected chi connectivity index (χ4v) is 2.94. The Labute approximate surface area is 141 Å². The minimum Gasteiger partial charge on any atom is -0.378 e. The Morgan fingerprint density at radius 2 is 1.95 bits per heavy atom. The molecule has 0 unspecified atom stereocenters. The second-order valence-electron chi connectivity index (χ2n) is 3.99. The Morgan fingerprint density at radius 1 is 1.25 bits per heavy atom. The van der Waals surface area contributed by atoms with Crippen molar-refractivity contribution in [2.45, 2.75) is 18.4 Å². The van der Waals surface area contributed by atoms with Crippen molar-refractivity contribution in [3.8, 4) is 11.4 Å². The monoisotopic (exact) mass is 420 g/mol. The molecule has 0 saturated carbocycles. The molecular weight excluding hydrogens is 407 g/mol. The summed E-state index contributed by atoms with van der Waals surface area (Å²) in [6, 6.07) is 8.20. The molecule has 1 aromatic carbocycles. The third-order valence-corrected chi connectivity index (χ3v) is 5.20. The highest BCUT2D eigenvalue weighted by molar-refractivity contribution is 14.1. The molecule has 0 N–H and O–H groups in total. The Morgan fingerprint density at radius 3 is 2.55 bits per heavy atom. The van der Waals surface area contributed by atoms with Crippen LogP contribution in [0.1, 0.15) is 12.6 Å². The fourth-order valence-electron chi connectivity index (χ4n) is 1.69. The van der Waals surface area contributed by atoms with Crippen LogP contribution in [-0.4, -0.2) is 22.8 Å². The molecule has 0 radical (unpaired) electrons. The third-order valence-electron chi connectivity index (χ3n) is 2.58. The molecule has 106 valence electrons. The molecule has 1 aromatic heterocycles. The first-order valence-electron chi connectivity index (χ1n) is 6.09. The number of ether oxygens (including phenoxy) is 1. The van der Waals surface area contributed by atoms with Gasteiger partial charge in [0.1, 0.15) is 5.15 Å². The minimum absolute atomic E-state index is 0.428. The van der Waals surface area contributed by atoms with Crippen molar-refractivity contribution in [1.29, 1.82) is 0 Å². The van der Waals surface area contributed by atoms with Crippen molar-refractivity contribution in [2.24, 2.45) is 0 Å². The van der Waals surface area contributed by atoms with Crippen LogP contribution >= 0.6 is 46.0 Å². The largest absolute Gasteiger partial charge is 0.378 e. The van der Waals surface area contributed by atoms with E-state index in [2.05, 4.69) is 51.6 Å². The lowest BCUT2D eigenvalue weighted by Crippen LogP contribution is -2.02. The van der Waals surface area contributed by atoms with E-state index in [1.165, 1.54) is 4.90 Å². The summed E-state index contributed by atoms with van der Waals surface area (Å²) in [4.78, 5) is 10.1. The van der Waals surface area contributed by atoms with Gasteiger partial charge in [0, 0.05) is 17.6 Å². The second kappa shape index (κ2) is 7.59. The van der Waals surface area contributed by atoms with Crippen LogP contribution in [0.15, 0.2) is 29.2 Å². The predicted octanol–water partition coefficient (Wildman–Crippen LogP) is 4.66. The van der Waals surface area contributed by atoms with Crippen molar-refractivity contribution in [3.63, 3.8) is 0 Å².